The molecule has 2 aromatic carbocycles. The maximum atomic E-state index is 13.0. The van der Waals surface area contributed by atoms with Gasteiger partial charge in [-0.15, -0.1) is 24.0 Å². The zero-order chi connectivity index (χ0) is 20.9. The maximum Gasteiger partial charge on any atom is 0.243 e. The van der Waals surface area contributed by atoms with E-state index in [2.05, 4.69) is 10.3 Å². The van der Waals surface area contributed by atoms with Crippen molar-refractivity contribution in [2.45, 2.75) is 30.7 Å². The van der Waals surface area contributed by atoms with Gasteiger partial charge < -0.3 is 15.8 Å². The molecule has 1 heterocycles. The fourth-order valence-electron chi connectivity index (χ4n) is 3.23. The van der Waals surface area contributed by atoms with Crippen LogP contribution in [-0.2, 0) is 16.6 Å². The van der Waals surface area contributed by atoms with Crippen molar-refractivity contribution in [2.24, 2.45) is 10.7 Å². The van der Waals surface area contributed by atoms with E-state index in [4.69, 9.17) is 22.1 Å². The molecule has 0 amide bonds. The van der Waals surface area contributed by atoms with E-state index in [0.29, 0.717) is 35.1 Å². The summed E-state index contributed by atoms with van der Waals surface area (Å²) < 4.78 is 32.8. The molecule has 164 valence electrons. The van der Waals surface area contributed by atoms with Gasteiger partial charge in [0.2, 0.25) is 10.0 Å². The third-order valence-corrected chi connectivity index (χ3v) is 7.04. The second kappa shape index (κ2) is 11.2. The van der Waals surface area contributed by atoms with E-state index in [1.807, 2.05) is 0 Å². The van der Waals surface area contributed by atoms with Gasteiger partial charge in [-0.3, -0.25) is 0 Å². The van der Waals surface area contributed by atoms with Crippen LogP contribution in [-0.4, -0.2) is 38.9 Å². The number of guanidine groups is 1. The molecule has 0 saturated carbocycles. The molecule has 0 unspecified atom stereocenters. The number of nitrogens with zero attached hydrogens (tertiary/aromatic N) is 2. The number of ether oxygens (including phenoxy) is 1. The summed E-state index contributed by atoms with van der Waals surface area (Å²) in [6.45, 7) is 1.26. The Morgan fingerprint density at radius 2 is 1.90 bits per heavy atom. The van der Waals surface area contributed by atoms with Crippen LogP contribution in [0.2, 0.25) is 5.02 Å². The van der Waals surface area contributed by atoms with Crippen molar-refractivity contribution >= 4 is 57.2 Å². The first kappa shape index (κ1) is 24.7. The van der Waals surface area contributed by atoms with Crippen LogP contribution in [0.1, 0.15) is 24.8 Å². The van der Waals surface area contributed by atoms with E-state index in [1.165, 1.54) is 0 Å². The Kier molecular flexibility index (Phi) is 9.20. The summed E-state index contributed by atoms with van der Waals surface area (Å²) in [6.07, 6.45) is 2.84. The predicted molar refractivity (Wildman–Crippen MR) is 131 cm³/mol. The molecule has 0 aromatic heterocycles. The Hall–Kier alpha value is -1.56. The van der Waals surface area contributed by atoms with E-state index >= 15 is 0 Å². The fraction of sp³-hybridized carbons (Fsp3) is 0.350. The number of nitrogens with two attached hydrogens (primary N) is 1. The Morgan fingerprint density at radius 3 is 2.57 bits per heavy atom. The molecule has 1 aliphatic heterocycles. The molecular formula is C20H26ClIN4O3S. The summed E-state index contributed by atoms with van der Waals surface area (Å²) in [7, 11) is -2.00. The highest BCUT2D eigenvalue weighted by Crippen LogP contribution is 2.27. The van der Waals surface area contributed by atoms with Gasteiger partial charge >= 0.3 is 0 Å². The number of methoxy groups -OCH3 is 1. The van der Waals surface area contributed by atoms with Crippen molar-refractivity contribution < 1.29 is 13.2 Å². The number of benzene rings is 2. The molecule has 3 rings (SSSR count). The number of hydrogen-bond donors (Lipinski definition) is 2. The predicted octanol–water partition coefficient (Wildman–Crippen LogP) is 4.07. The quantitative estimate of drug-likeness (QED) is 0.313. The molecule has 1 fully saturated rings. The highest BCUT2D eigenvalue weighted by atomic mass is 127. The Balaban J connectivity index is 0.00000320. The lowest BCUT2D eigenvalue weighted by molar-refractivity contribution is 0.346. The molecule has 30 heavy (non-hydrogen) atoms. The lowest BCUT2D eigenvalue weighted by Gasteiger charge is -2.26. The van der Waals surface area contributed by atoms with Crippen LogP contribution < -0.4 is 15.8 Å². The van der Waals surface area contributed by atoms with Crippen molar-refractivity contribution in [3.8, 4) is 5.75 Å². The molecule has 10 heteroatoms. The third kappa shape index (κ3) is 5.99. The molecule has 1 saturated heterocycles. The standard InChI is InChI=1S/C20H25ClN4O3S.HI/c1-28-18-10-9-16(13-17(18)21)24-20(22)23-14-15-7-3-4-8-19(15)29(26,27)25-11-5-2-6-12-25;/h3-4,7-10,13H,2,5-6,11-12,14H2,1H3,(H3,22,23,24);1H. The van der Waals surface area contributed by atoms with Gasteiger partial charge in [0, 0.05) is 18.8 Å². The first-order valence-electron chi connectivity index (χ1n) is 9.40. The molecule has 0 radical (unpaired) electrons. The lowest BCUT2D eigenvalue weighted by atomic mass is 10.2. The van der Waals surface area contributed by atoms with Crippen molar-refractivity contribution in [3.05, 3.63) is 53.1 Å². The van der Waals surface area contributed by atoms with Gasteiger partial charge in [0.1, 0.15) is 5.75 Å². The van der Waals surface area contributed by atoms with Crippen LogP contribution in [0.3, 0.4) is 0 Å². The Labute approximate surface area is 199 Å². The minimum Gasteiger partial charge on any atom is -0.495 e. The molecule has 3 N–H and O–H groups in total. The minimum absolute atomic E-state index is 0. The number of hydrogen-bond acceptors (Lipinski definition) is 4. The van der Waals surface area contributed by atoms with Crippen LogP contribution in [0.4, 0.5) is 5.69 Å². The number of rotatable bonds is 6. The van der Waals surface area contributed by atoms with Crippen LogP contribution in [0.15, 0.2) is 52.4 Å². The van der Waals surface area contributed by atoms with Crippen molar-refractivity contribution in [1.29, 1.82) is 0 Å². The van der Waals surface area contributed by atoms with Crippen LogP contribution in [0.5, 0.6) is 5.75 Å². The molecule has 0 spiro atoms. The Bertz CT molecular complexity index is 995. The van der Waals surface area contributed by atoms with E-state index < -0.39 is 10.0 Å². The van der Waals surface area contributed by atoms with Crippen LogP contribution in [0, 0.1) is 0 Å². The monoisotopic (exact) mass is 564 g/mol. The smallest absolute Gasteiger partial charge is 0.243 e. The number of anilines is 1. The number of aliphatic imine (C=N–C) groups is 1. The summed E-state index contributed by atoms with van der Waals surface area (Å²) in [6, 6.07) is 12.1. The molecule has 0 bridgehead atoms. The summed E-state index contributed by atoms with van der Waals surface area (Å²) in [4.78, 5) is 4.59. The van der Waals surface area contributed by atoms with E-state index in [1.54, 1.807) is 53.9 Å². The number of halogens is 2. The van der Waals surface area contributed by atoms with Crippen molar-refractivity contribution in [3.63, 3.8) is 0 Å². The van der Waals surface area contributed by atoms with E-state index in [0.717, 1.165) is 19.3 Å². The van der Waals surface area contributed by atoms with E-state index in [-0.39, 0.29) is 41.4 Å². The van der Waals surface area contributed by atoms with Gasteiger partial charge in [-0.05, 0) is 42.7 Å². The summed E-state index contributed by atoms with van der Waals surface area (Å²) in [5.74, 6) is 0.723. The van der Waals surface area contributed by atoms with Gasteiger partial charge in [-0.25, -0.2) is 13.4 Å². The second-order valence-corrected chi connectivity index (χ2v) is 9.06. The maximum absolute atomic E-state index is 13.0. The highest BCUT2D eigenvalue weighted by Gasteiger charge is 2.27. The van der Waals surface area contributed by atoms with Crippen molar-refractivity contribution in [1.82, 2.24) is 4.31 Å². The second-order valence-electron chi connectivity index (χ2n) is 6.75. The number of sulfonamides is 1. The topological polar surface area (TPSA) is 97.0 Å². The van der Waals surface area contributed by atoms with E-state index in [9.17, 15) is 8.42 Å². The third-order valence-electron chi connectivity index (χ3n) is 4.75. The zero-order valence-electron chi connectivity index (χ0n) is 16.7. The molecular weight excluding hydrogens is 539 g/mol. The van der Waals surface area contributed by atoms with Gasteiger partial charge in [0.05, 0.1) is 23.6 Å². The summed E-state index contributed by atoms with van der Waals surface area (Å²) in [5.41, 5.74) is 7.25. The first-order valence-corrected chi connectivity index (χ1v) is 11.2. The molecule has 0 atom stereocenters. The highest BCUT2D eigenvalue weighted by molar-refractivity contribution is 14.0. The number of nitrogens with one attached hydrogen (secondary N) is 1. The SMILES string of the molecule is COc1ccc(NC(N)=NCc2ccccc2S(=O)(=O)N2CCCCC2)cc1Cl.I. The van der Waals surface area contributed by atoms with Gasteiger partial charge in [0.25, 0.3) is 0 Å². The first-order chi connectivity index (χ1) is 13.9. The van der Waals surface area contributed by atoms with Gasteiger partial charge in [0.15, 0.2) is 5.96 Å². The molecule has 7 nitrogen and oxygen atoms in total. The lowest BCUT2D eigenvalue weighted by Crippen LogP contribution is -2.36. The average molecular weight is 565 g/mol. The normalized spacial score (nSPS) is 15.3. The van der Waals surface area contributed by atoms with Crippen LogP contribution in [0.25, 0.3) is 0 Å². The zero-order valence-corrected chi connectivity index (χ0v) is 20.6. The fourth-order valence-corrected chi connectivity index (χ4v) is 5.22. The van der Waals surface area contributed by atoms with Crippen molar-refractivity contribution in [2.75, 3.05) is 25.5 Å². The molecule has 0 aliphatic carbocycles. The van der Waals surface area contributed by atoms with Crippen LogP contribution >= 0.6 is 35.6 Å². The Morgan fingerprint density at radius 1 is 1.20 bits per heavy atom. The largest absolute Gasteiger partial charge is 0.495 e. The number of piperidine rings is 1. The summed E-state index contributed by atoms with van der Waals surface area (Å²) in [5, 5.41) is 3.40. The molecule has 2 aromatic rings. The summed E-state index contributed by atoms with van der Waals surface area (Å²) >= 11 is 6.11. The molecule has 1 aliphatic rings. The average Bonchev–Trinajstić information content (AvgIpc) is 2.73. The minimum atomic E-state index is -3.54. The van der Waals surface area contributed by atoms with Gasteiger partial charge in [-0.2, -0.15) is 4.31 Å². The van der Waals surface area contributed by atoms with Gasteiger partial charge in [-0.1, -0.05) is 36.2 Å².